The number of benzene rings is 2. The van der Waals surface area contributed by atoms with E-state index in [1.807, 2.05) is 74.5 Å². The maximum absolute atomic E-state index is 12.6. The average Bonchev–Trinajstić information content (AvgIpc) is 2.69. The van der Waals surface area contributed by atoms with Crippen molar-refractivity contribution in [1.29, 1.82) is 0 Å². The molecule has 0 radical (unpaired) electrons. The number of aromatic nitrogens is 2. The Morgan fingerprint density at radius 3 is 2.04 bits per heavy atom. The van der Waals surface area contributed by atoms with Gasteiger partial charge in [-0.3, -0.25) is 14.2 Å². The Morgan fingerprint density at radius 2 is 1.56 bits per heavy atom. The van der Waals surface area contributed by atoms with E-state index in [-0.39, 0.29) is 30.0 Å². The van der Waals surface area contributed by atoms with Gasteiger partial charge in [0.05, 0.1) is 18.1 Å². The molecule has 1 heterocycles. The third kappa shape index (κ3) is 4.70. The van der Waals surface area contributed by atoms with E-state index >= 15 is 0 Å². The fraction of sp³-hybridized carbons (Fsp3) is 0.227. The largest absolute Gasteiger partial charge is 0.344 e. The second-order valence-corrected chi connectivity index (χ2v) is 6.76. The van der Waals surface area contributed by atoms with Crippen molar-refractivity contribution in [2.45, 2.75) is 32.4 Å². The van der Waals surface area contributed by atoms with Crippen LogP contribution in [0.5, 0.6) is 0 Å². The first kappa shape index (κ1) is 18.6. The minimum Gasteiger partial charge on any atom is -0.344 e. The Labute approximate surface area is 158 Å². The molecule has 0 saturated heterocycles. The van der Waals surface area contributed by atoms with Crippen LogP contribution in [0.4, 0.5) is 0 Å². The van der Waals surface area contributed by atoms with Crippen LogP contribution < -0.4 is 10.9 Å². The molecule has 0 unspecified atom stereocenters. The summed E-state index contributed by atoms with van der Waals surface area (Å²) in [5.41, 5.74) is 2.47. The summed E-state index contributed by atoms with van der Waals surface area (Å²) in [7, 11) is 0. The Morgan fingerprint density at radius 1 is 1.00 bits per heavy atom. The predicted octanol–water partition coefficient (Wildman–Crippen LogP) is 3.27. The van der Waals surface area contributed by atoms with Gasteiger partial charge in [0.2, 0.25) is 5.91 Å². The summed E-state index contributed by atoms with van der Waals surface area (Å²) in [5.74, 6) is -0.0735. The standard InChI is InChI=1S/C22H23N3O2/c1-16(2)19-13-21(27)25(15-23-19)14-20(26)24-22(17-9-5-3-6-10-17)18-11-7-4-8-12-18/h3-13,15-16,22H,14H2,1-2H3,(H,24,26). The number of amides is 1. The molecule has 1 N–H and O–H groups in total. The van der Waals surface area contributed by atoms with Gasteiger partial charge in [-0.25, -0.2) is 4.98 Å². The summed E-state index contributed by atoms with van der Waals surface area (Å²) >= 11 is 0. The minimum absolute atomic E-state index is 0.0691. The number of carbonyl (C=O) groups is 1. The first-order chi connectivity index (χ1) is 13.0. The Bertz CT molecular complexity index is 911. The van der Waals surface area contributed by atoms with Crippen LogP contribution in [-0.4, -0.2) is 15.5 Å². The van der Waals surface area contributed by atoms with Crippen molar-refractivity contribution in [1.82, 2.24) is 14.9 Å². The molecule has 0 bridgehead atoms. The van der Waals surface area contributed by atoms with Crippen molar-refractivity contribution < 1.29 is 4.79 Å². The first-order valence-corrected chi connectivity index (χ1v) is 9.00. The molecule has 5 nitrogen and oxygen atoms in total. The molecule has 3 rings (SSSR count). The zero-order valence-corrected chi connectivity index (χ0v) is 15.5. The highest BCUT2D eigenvalue weighted by Crippen LogP contribution is 2.21. The van der Waals surface area contributed by atoms with Crippen LogP contribution in [0.25, 0.3) is 0 Å². The van der Waals surface area contributed by atoms with Crippen LogP contribution >= 0.6 is 0 Å². The molecular formula is C22H23N3O2. The number of nitrogens with one attached hydrogen (secondary N) is 1. The summed E-state index contributed by atoms with van der Waals surface area (Å²) < 4.78 is 1.33. The van der Waals surface area contributed by atoms with Crippen molar-refractivity contribution >= 4 is 5.91 Å². The summed E-state index contributed by atoms with van der Waals surface area (Å²) in [6.45, 7) is 3.88. The van der Waals surface area contributed by atoms with Crippen LogP contribution in [0.3, 0.4) is 0 Å². The first-order valence-electron chi connectivity index (χ1n) is 9.00. The Kier molecular flexibility index (Phi) is 5.81. The van der Waals surface area contributed by atoms with Crippen molar-refractivity contribution in [2.75, 3.05) is 0 Å². The molecule has 0 saturated carbocycles. The average molecular weight is 361 g/mol. The summed E-state index contributed by atoms with van der Waals surface area (Å²) in [6.07, 6.45) is 1.44. The topological polar surface area (TPSA) is 64.0 Å². The predicted molar refractivity (Wildman–Crippen MR) is 105 cm³/mol. The monoisotopic (exact) mass is 361 g/mol. The molecule has 27 heavy (non-hydrogen) atoms. The van der Waals surface area contributed by atoms with Gasteiger partial charge in [-0.05, 0) is 17.0 Å². The summed E-state index contributed by atoms with van der Waals surface area (Å²) in [6, 6.07) is 20.8. The van der Waals surface area contributed by atoms with Gasteiger partial charge in [0.15, 0.2) is 0 Å². The van der Waals surface area contributed by atoms with E-state index in [1.54, 1.807) is 0 Å². The molecule has 0 aliphatic rings. The van der Waals surface area contributed by atoms with E-state index in [1.165, 1.54) is 17.0 Å². The van der Waals surface area contributed by atoms with Crippen LogP contribution in [-0.2, 0) is 11.3 Å². The summed E-state index contributed by atoms with van der Waals surface area (Å²) in [4.78, 5) is 29.2. The number of nitrogens with zero attached hydrogens (tertiary/aromatic N) is 2. The van der Waals surface area contributed by atoms with E-state index < -0.39 is 0 Å². The highest BCUT2D eigenvalue weighted by molar-refractivity contribution is 5.76. The fourth-order valence-electron chi connectivity index (χ4n) is 2.89. The van der Waals surface area contributed by atoms with Crippen LogP contribution in [0.15, 0.2) is 77.9 Å². The minimum atomic E-state index is -0.279. The van der Waals surface area contributed by atoms with Gasteiger partial charge < -0.3 is 5.32 Å². The molecular weight excluding hydrogens is 338 g/mol. The third-order valence-electron chi connectivity index (χ3n) is 4.38. The van der Waals surface area contributed by atoms with E-state index in [0.29, 0.717) is 0 Å². The molecule has 0 aliphatic carbocycles. The van der Waals surface area contributed by atoms with E-state index in [2.05, 4.69) is 10.3 Å². The van der Waals surface area contributed by atoms with Gasteiger partial charge in [-0.1, -0.05) is 74.5 Å². The highest BCUT2D eigenvalue weighted by atomic mass is 16.2. The number of hydrogen-bond acceptors (Lipinski definition) is 3. The van der Waals surface area contributed by atoms with Gasteiger partial charge in [0.25, 0.3) is 5.56 Å². The molecule has 1 aromatic heterocycles. The van der Waals surface area contributed by atoms with Crippen LogP contribution in [0, 0.1) is 0 Å². The number of hydrogen-bond donors (Lipinski definition) is 1. The molecule has 138 valence electrons. The molecule has 0 aliphatic heterocycles. The van der Waals surface area contributed by atoms with Crippen molar-refractivity contribution in [3.05, 3.63) is 100 Å². The smallest absolute Gasteiger partial charge is 0.254 e. The molecule has 2 aromatic carbocycles. The second-order valence-electron chi connectivity index (χ2n) is 6.76. The zero-order chi connectivity index (χ0) is 19.2. The lowest BCUT2D eigenvalue weighted by Gasteiger charge is -2.20. The van der Waals surface area contributed by atoms with E-state index in [4.69, 9.17) is 0 Å². The van der Waals surface area contributed by atoms with Crippen molar-refractivity contribution in [3.63, 3.8) is 0 Å². The van der Waals surface area contributed by atoms with Crippen LogP contribution in [0.1, 0.15) is 42.6 Å². The lowest BCUT2D eigenvalue weighted by molar-refractivity contribution is -0.122. The highest BCUT2D eigenvalue weighted by Gasteiger charge is 2.17. The van der Waals surface area contributed by atoms with Gasteiger partial charge in [-0.2, -0.15) is 0 Å². The lowest BCUT2D eigenvalue weighted by atomic mass is 9.99. The molecule has 0 fully saturated rings. The maximum atomic E-state index is 12.6. The molecule has 0 spiro atoms. The van der Waals surface area contributed by atoms with Gasteiger partial charge >= 0.3 is 0 Å². The molecule has 0 atom stereocenters. The molecule has 1 amide bonds. The van der Waals surface area contributed by atoms with Crippen molar-refractivity contribution in [2.24, 2.45) is 0 Å². The van der Waals surface area contributed by atoms with Gasteiger partial charge in [-0.15, -0.1) is 0 Å². The van der Waals surface area contributed by atoms with Crippen LogP contribution in [0.2, 0.25) is 0 Å². The lowest BCUT2D eigenvalue weighted by Crippen LogP contribution is -2.35. The third-order valence-corrected chi connectivity index (χ3v) is 4.38. The van der Waals surface area contributed by atoms with E-state index in [0.717, 1.165) is 16.8 Å². The number of carbonyl (C=O) groups excluding carboxylic acids is 1. The quantitative estimate of drug-likeness (QED) is 0.733. The van der Waals surface area contributed by atoms with Gasteiger partial charge in [0, 0.05) is 6.07 Å². The second kappa shape index (κ2) is 8.45. The molecule has 5 heteroatoms. The Balaban J connectivity index is 1.80. The zero-order valence-electron chi connectivity index (χ0n) is 15.5. The van der Waals surface area contributed by atoms with E-state index in [9.17, 15) is 9.59 Å². The number of rotatable bonds is 6. The van der Waals surface area contributed by atoms with Gasteiger partial charge in [0.1, 0.15) is 6.54 Å². The summed E-state index contributed by atoms with van der Waals surface area (Å²) in [5, 5.41) is 3.04. The normalized spacial score (nSPS) is 11.0. The SMILES string of the molecule is CC(C)c1cc(=O)n(CC(=O)NC(c2ccccc2)c2ccccc2)cn1. The molecule has 3 aromatic rings. The van der Waals surface area contributed by atoms with Crippen molar-refractivity contribution in [3.8, 4) is 0 Å². The Hall–Kier alpha value is -3.21. The maximum Gasteiger partial charge on any atom is 0.254 e. The fourth-order valence-corrected chi connectivity index (χ4v) is 2.89.